The first-order chi connectivity index (χ1) is 15.0. The Morgan fingerprint density at radius 2 is 0.871 bits per heavy atom. The van der Waals surface area contributed by atoms with E-state index in [0.717, 1.165) is 25.7 Å². The largest absolute Gasteiger partial charge is 0.481 e. The smallest absolute Gasteiger partial charge is 0.332 e. The van der Waals surface area contributed by atoms with E-state index in [1.54, 1.807) is 0 Å². The number of aliphatic carboxylic acids is 2. The van der Waals surface area contributed by atoms with Gasteiger partial charge in [-0.3, -0.25) is 4.79 Å². The van der Waals surface area contributed by atoms with Crippen LogP contribution < -0.4 is 0 Å². The molecule has 5 nitrogen and oxygen atoms in total. The summed E-state index contributed by atoms with van der Waals surface area (Å²) in [5.41, 5.74) is 0. The predicted octanol–water partition coefficient (Wildman–Crippen LogP) is 7.73. The molecule has 0 aliphatic carbocycles. The Labute approximate surface area is 192 Å². The minimum Gasteiger partial charge on any atom is -0.481 e. The van der Waals surface area contributed by atoms with E-state index in [2.05, 4.69) is 13.8 Å². The standard InChI is InChI=1S/C18H36O3.C8H16O2/c1-2-3-4-5-6-7-8-9-10-11-12-13-14-15-16-17(19)18(20)21;1-2-3-4-5-6-7-8(9)10/h17,19H,2-16H2,1H3,(H,20,21);2-7H2,1H3,(H,9,10). The van der Waals surface area contributed by atoms with E-state index in [-0.39, 0.29) is 0 Å². The highest BCUT2D eigenvalue weighted by molar-refractivity contribution is 5.71. The molecule has 5 heteroatoms. The zero-order chi connectivity index (χ0) is 23.6. The van der Waals surface area contributed by atoms with Crippen LogP contribution in [0.3, 0.4) is 0 Å². The molecule has 0 spiro atoms. The molecule has 0 aromatic carbocycles. The molecule has 0 heterocycles. The molecule has 3 N–H and O–H groups in total. The molecule has 0 fully saturated rings. The van der Waals surface area contributed by atoms with E-state index in [1.807, 2.05) is 0 Å². The van der Waals surface area contributed by atoms with Gasteiger partial charge < -0.3 is 15.3 Å². The Morgan fingerprint density at radius 3 is 1.19 bits per heavy atom. The van der Waals surface area contributed by atoms with Gasteiger partial charge in [0.25, 0.3) is 0 Å². The minimum absolute atomic E-state index is 0.337. The fraction of sp³-hybridized carbons (Fsp3) is 0.923. The minimum atomic E-state index is -1.16. The number of rotatable bonds is 22. The number of carboxylic acids is 2. The lowest BCUT2D eigenvalue weighted by Crippen LogP contribution is -2.18. The average molecular weight is 445 g/mol. The van der Waals surface area contributed by atoms with Gasteiger partial charge >= 0.3 is 11.9 Å². The van der Waals surface area contributed by atoms with E-state index < -0.39 is 18.0 Å². The Kier molecular flexibility index (Phi) is 27.9. The van der Waals surface area contributed by atoms with E-state index >= 15 is 0 Å². The van der Waals surface area contributed by atoms with Gasteiger partial charge in [0.15, 0.2) is 6.10 Å². The summed E-state index contributed by atoms with van der Waals surface area (Å²) in [4.78, 5) is 20.4. The van der Waals surface area contributed by atoms with Crippen molar-refractivity contribution in [3.63, 3.8) is 0 Å². The molecule has 0 bridgehead atoms. The van der Waals surface area contributed by atoms with Gasteiger partial charge in [0.2, 0.25) is 0 Å². The maximum absolute atomic E-state index is 10.4. The second-order valence-corrected chi connectivity index (χ2v) is 8.80. The van der Waals surface area contributed by atoms with Crippen molar-refractivity contribution in [1.29, 1.82) is 0 Å². The average Bonchev–Trinajstić information content (AvgIpc) is 2.74. The monoisotopic (exact) mass is 444 g/mol. The highest BCUT2D eigenvalue weighted by Crippen LogP contribution is 2.13. The molecule has 31 heavy (non-hydrogen) atoms. The van der Waals surface area contributed by atoms with Crippen LogP contribution in [-0.4, -0.2) is 33.4 Å². The third-order valence-electron chi connectivity index (χ3n) is 5.61. The van der Waals surface area contributed by atoms with Crippen LogP contribution in [0.2, 0.25) is 0 Å². The molecule has 1 unspecified atom stereocenters. The summed E-state index contributed by atoms with van der Waals surface area (Å²) in [5.74, 6) is -1.76. The van der Waals surface area contributed by atoms with E-state index in [0.29, 0.717) is 12.8 Å². The molecule has 0 amide bonds. The summed E-state index contributed by atoms with van der Waals surface area (Å²) in [6.07, 6.45) is 23.2. The maximum Gasteiger partial charge on any atom is 0.332 e. The second-order valence-electron chi connectivity index (χ2n) is 8.80. The fourth-order valence-electron chi connectivity index (χ4n) is 3.54. The summed E-state index contributed by atoms with van der Waals surface area (Å²) in [6, 6.07) is 0. The van der Waals surface area contributed by atoms with Crippen molar-refractivity contribution in [3.05, 3.63) is 0 Å². The highest BCUT2D eigenvalue weighted by Gasteiger charge is 2.11. The molecule has 0 radical (unpaired) electrons. The van der Waals surface area contributed by atoms with Crippen molar-refractivity contribution in [2.75, 3.05) is 0 Å². The zero-order valence-corrected chi connectivity index (χ0v) is 20.6. The second kappa shape index (κ2) is 26.9. The molecule has 0 aliphatic rings. The van der Waals surface area contributed by atoms with Gasteiger partial charge in [-0.2, -0.15) is 0 Å². The quantitative estimate of drug-likeness (QED) is 0.148. The van der Waals surface area contributed by atoms with Crippen LogP contribution in [-0.2, 0) is 9.59 Å². The van der Waals surface area contributed by atoms with Gasteiger partial charge in [-0.1, -0.05) is 129 Å². The molecule has 0 saturated carbocycles. The van der Waals surface area contributed by atoms with Gasteiger partial charge in [-0.15, -0.1) is 0 Å². The number of carboxylic acid groups (broad SMARTS) is 2. The number of aliphatic hydroxyl groups is 1. The molecule has 186 valence electrons. The van der Waals surface area contributed by atoms with Crippen LogP contribution in [0.15, 0.2) is 0 Å². The third-order valence-corrected chi connectivity index (χ3v) is 5.61. The first kappa shape index (κ1) is 32.1. The van der Waals surface area contributed by atoms with Crippen molar-refractivity contribution < 1.29 is 24.9 Å². The number of aliphatic hydroxyl groups excluding tert-OH is 1. The number of carbonyl (C=O) groups is 2. The number of unbranched alkanes of at least 4 members (excludes halogenated alkanes) is 17. The molecule has 0 saturated heterocycles. The molecule has 0 aromatic heterocycles. The maximum atomic E-state index is 10.4. The first-order valence-corrected chi connectivity index (χ1v) is 13.1. The molecular formula is C26H52O5. The topological polar surface area (TPSA) is 94.8 Å². The van der Waals surface area contributed by atoms with Crippen LogP contribution in [0, 0.1) is 0 Å². The Balaban J connectivity index is 0. The van der Waals surface area contributed by atoms with Crippen LogP contribution in [0.1, 0.15) is 149 Å². The van der Waals surface area contributed by atoms with E-state index in [9.17, 15) is 9.59 Å². The normalized spacial score (nSPS) is 11.6. The van der Waals surface area contributed by atoms with Gasteiger partial charge in [0, 0.05) is 6.42 Å². The summed E-state index contributed by atoms with van der Waals surface area (Å²) in [6.45, 7) is 4.41. The van der Waals surface area contributed by atoms with Crippen LogP contribution in [0.25, 0.3) is 0 Å². The molecule has 0 aromatic rings. The summed E-state index contributed by atoms with van der Waals surface area (Å²) in [5, 5.41) is 25.9. The van der Waals surface area contributed by atoms with Crippen LogP contribution >= 0.6 is 0 Å². The number of hydrogen-bond acceptors (Lipinski definition) is 3. The van der Waals surface area contributed by atoms with Crippen molar-refractivity contribution in [2.24, 2.45) is 0 Å². The van der Waals surface area contributed by atoms with Crippen LogP contribution in [0.4, 0.5) is 0 Å². The SMILES string of the molecule is CCCCCCCC(=O)O.CCCCCCCCCCCCCCCCC(O)C(=O)O. The van der Waals surface area contributed by atoms with Crippen molar-refractivity contribution in [3.8, 4) is 0 Å². The van der Waals surface area contributed by atoms with Gasteiger partial charge in [-0.25, -0.2) is 4.79 Å². The lowest BCUT2D eigenvalue weighted by Gasteiger charge is -2.05. The number of hydrogen-bond donors (Lipinski definition) is 3. The summed E-state index contributed by atoms with van der Waals surface area (Å²) < 4.78 is 0. The zero-order valence-electron chi connectivity index (χ0n) is 20.6. The lowest BCUT2D eigenvalue weighted by molar-refractivity contribution is -0.147. The molecule has 0 aliphatic heterocycles. The predicted molar refractivity (Wildman–Crippen MR) is 130 cm³/mol. The molecule has 1 atom stereocenters. The van der Waals surface area contributed by atoms with E-state index in [4.69, 9.17) is 15.3 Å². The van der Waals surface area contributed by atoms with Crippen LogP contribution in [0.5, 0.6) is 0 Å². The van der Waals surface area contributed by atoms with Gasteiger partial charge in [0.05, 0.1) is 0 Å². The highest BCUT2D eigenvalue weighted by atomic mass is 16.4. The van der Waals surface area contributed by atoms with Gasteiger partial charge in [0.1, 0.15) is 0 Å². The van der Waals surface area contributed by atoms with Gasteiger partial charge in [-0.05, 0) is 12.8 Å². The summed E-state index contributed by atoms with van der Waals surface area (Å²) >= 11 is 0. The van der Waals surface area contributed by atoms with Crippen molar-refractivity contribution in [2.45, 2.75) is 155 Å². The Morgan fingerprint density at radius 1 is 0.548 bits per heavy atom. The van der Waals surface area contributed by atoms with E-state index in [1.165, 1.54) is 96.3 Å². The fourth-order valence-corrected chi connectivity index (χ4v) is 3.54. The molecular weight excluding hydrogens is 392 g/mol. The lowest BCUT2D eigenvalue weighted by atomic mass is 10.0. The Bertz CT molecular complexity index is 384. The summed E-state index contributed by atoms with van der Waals surface area (Å²) in [7, 11) is 0. The van der Waals surface area contributed by atoms with Crippen molar-refractivity contribution in [1.82, 2.24) is 0 Å². The van der Waals surface area contributed by atoms with Crippen molar-refractivity contribution >= 4 is 11.9 Å². The molecule has 0 rings (SSSR count). The Hall–Kier alpha value is -1.10. The first-order valence-electron chi connectivity index (χ1n) is 13.1. The third kappa shape index (κ3) is 31.2.